The Labute approximate surface area is 149 Å². The number of anilines is 1. The summed E-state index contributed by atoms with van der Waals surface area (Å²) in [6.07, 6.45) is 3.74. The van der Waals surface area contributed by atoms with Crippen molar-refractivity contribution in [3.63, 3.8) is 0 Å². The third kappa shape index (κ3) is 2.63. The second kappa shape index (κ2) is 5.96. The van der Waals surface area contributed by atoms with Crippen LogP contribution in [0.4, 0.5) is 5.82 Å². The predicted octanol–water partition coefficient (Wildman–Crippen LogP) is 2.94. The molecule has 4 nitrogen and oxygen atoms in total. The van der Waals surface area contributed by atoms with Gasteiger partial charge in [0.25, 0.3) is 0 Å². The van der Waals surface area contributed by atoms with Crippen molar-refractivity contribution in [3.8, 4) is 0 Å². The molecule has 1 aliphatic carbocycles. The van der Waals surface area contributed by atoms with Gasteiger partial charge in [-0.3, -0.25) is 4.90 Å². The molecule has 0 unspecified atom stereocenters. The molecule has 0 spiro atoms. The van der Waals surface area contributed by atoms with Gasteiger partial charge in [0.05, 0.1) is 24.8 Å². The summed E-state index contributed by atoms with van der Waals surface area (Å²) < 4.78 is 5.79. The number of nitrogens with zero attached hydrogens (tertiary/aromatic N) is 3. The summed E-state index contributed by atoms with van der Waals surface area (Å²) in [7, 11) is 0. The molecule has 2 atom stereocenters. The Morgan fingerprint density at radius 2 is 1.92 bits per heavy atom. The Bertz CT molecular complexity index is 818. The lowest BCUT2D eigenvalue weighted by atomic mass is 10.0. The van der Waals surface area contributed by atoms with Crippen LogP contribution in [0.25, 0.3) is 10.9 Å². The number of piperazine rings is 1. The van der Waals surface area contributed by atoms with E-state index in [0.717, 1.165) is 38.7 Å². The van der Waals surface area contributed by atoms with Crippen LogP contribution in [-0.2, 0) is 17.6 Å². The summed E-state index contributed by atoms with van der Waals surface area (Å²) in [6, 6.07) is 8.05. The maximum Gasteiger partial charge on any atom is 0.129 e. The number of fused-ring (bicyclic) bond motifs is 3. The molecule has 2 saturated heterocycles. The molecule has 25 heavy (non-hydrogen) atoms. The standard InChI is InChI=1S/C21H27N3O/c1-14-8-21(22-20-10-17-5-3-4-16(17)9-19(14)20)23-6-7-24-15(2)12-25-13-18(24)11-23/h8-10,15,18H,3-7,11-13H2,1-2H3/t15-,18+/m0/s1. The normalized spacial score (nSPS) is 26.7. The van der Waals surface area contributed by atoms with Crippen LogP contribution < -0.4 is 4.90 Å². The third-order valence-electron chi connectivity index (χ3n) is 6.30. The molecule has 0 bridgehead atoms. The topological polar surface area (TPSA) is 28.6 Å². The van der Waals surface area contributed by atoms with Crippen molar-refractivity contribution >= 4 is 16.7 Å². The second-order valence-electron chi connectivity index (χ2n) is 8.01. The van der Waals surface area contributed by atoms with Gasteiger partial charge in [0.2, 0.25) is 0 Å². The summed E-state index contributed by atoms with van der Waals surface area (Å²) in [5, 5.41) is 1.33. The first-order valence-corrected chi connectivity index (χ1v) is 9.70. The van der Waals surface area contributed by atoms with Crippen molar-refractivity contribution < 1.29 is 4.74 Å². The molecule has 1 aromatic heterocycles. The average Bonchev–Trinajstić information content (AvgIpc) is 3.07. The van der Waals surface area contributed by atoms with Crippen LogP contribution in [0.2, 0.25) is 0 Å². The summed E-state index contributed by atoms with van der Waals surface area (Å²) >= 11 is 0. The highest BCUT2D eigenvalue weighted by molar-refractivity contribution is 5.85. The van der Waals surface area contributed by atoms with Gasteiger partial charge in [-0.25, -0.2) is 4.98 Å². The number of hydrogen-bond acceptors (Lipinski definition) is 4. The fourth-order valence-electron chi connectivity index (χ4n) is 4.89. The van der Waals surface area contributed by atoms with Gasteiger partial charge >= 0.3 is 0 Å². The average molecular weight is 337 g/mol. The molecule has 3 aliphatic rings. The van der Waals surface area contributed by atoms with Gasteiger partial charge in [-0.1, -0.05) is 0 Å². The van der Waals surface area contributed by atoms with E-state index < -0.39 is 0 Å². The maximum atomic E-state index is 5.79. The van der Waals surface area contributed by atoms with Crippen molar-refractivity contribution in [3.05, 3.63) is 34.9 Å². The minimum atomic E-state index is 0.496. The van der Waals surface area contributed by atoms with Crippen LogP contribution in [-0.4, -0.2) is 54.8 Å². The van der Waals surface area contributed by atoms with Gasteiger partial charge in [-0.15, -0.1) is 0 Å². The number of hydrogen-bond donors (Lipinski definition) is 0. The van der Waals surface area contributed by atoms with Gasteiger partial charge in [0.15, 0.2) is 0 Å². The van der Waals surface area contributed by atoms with E-state index in [9.17, 15) is 0 Å². The molecule has 132 valence electrons. The zero-order chi connectivity index (χ0) is 17.0. The van der Waals surface area contributed by atoms with Crippen molar-refractivity contribution in [1.82, 2.24) is 9.88 Å². The molecular weight excluding hydrogens is 310 g/mol. The molecule has 2 aromatic rings. The van der Waals surface area contributed by atoms with Crippen molar-refractivity contribution in [2.45, 2.75) is 45.2 Å². The minimum Gasteiger partial charge on any atom is -0.378 e. The van der Waals surface area contributed by atoms with Crippen LogP contribution >= 0.6 is 0 Å². The lowest BCUT2D eigenvalue weighted by Crippen LogP contribution is -2.61. The van der Waals surface area contributed by atoms with Gasteiger partial charge in [0.1, 0.15) is 5.82 Å². The summed E-state index contributed by atoms with van der Waals surface area (Å²) in [5.74, 6) is 1.14. The second-order valence-corrected chi connectivity index (χ2v) is 8.01. The number of aryl methyl sites for hydroxylation is 3. The van der Waals surface area contributed by atoms with Crippen molar-refractivity contribution in [2.75, 3.05) is 37.7 Å². The highest BCUT2D eigenvalue weighted by Gasteiger charge is 2.34. The lowest BCUT2D eigenvalue weighted by molar-refractivity contribution is -0.0469. The largest absolute Gasteiger partial charge is 0.378 e. The SMILES string of the molecule is Cc1cc(N2CCN3[C@@H](COC[C@@H]3C)C2)nc2cc3c(cc12)CCC3. The van der Waals surface area contributed by atoms with E-state index in [0.29, 0.717) is 12.1 Å². The first kappa shape index (κ1) is 15.6. The highest BCUT2D eigenvalue weighted by Crippen LogP contribution is 2.31. The Balaban J connectivity index is 1.48. The van der Waals surface area contributed by atoms with Crippen LogP contribution in [0.15, 0.2) is 18.2 Å². The van der Waals surface area contributed by atoms with Crippen LogP contribution in [0.3, 0.4) is 0 Å². The fourth-order valence-corrected chi connectivity index (χ4v) is 4.89. The number of pyridine rings is 1. The van der Waals surface area contributed by atoms with Gasteiger partial charge < -0.3 is 9.64 Å². The van der Waals surface area contributed by atoms with E-state index in [1.807, 2.05) is 0 Å². The van der Waals surface area contributed by atoms with Gasteiger partial charge in [-0.05, 0) is 68.0 Å². The summed E-state index contributed by atoms with van der Waals surface area (Å²) in [4.78, 5) is 10.1. The van der Waals surface area contributed by atoms with E-state index in [2.05, 4.69) is 41.8 Å². The fraction of sp³-hybridized carbons (Fsp3) is 0.571. The van der Waals surface area contributed by atoms with Gasteiger partial charge in [0, 0.05) is 31.1 Å². The molecule has 3 heterocycles. The van der Waals surface area contributed by atoms with Gasteiger partial charge in [-0.2, -0.15) is 0 Å². The van der Waals surface area contributed by atoms with E-state index in [1.54, 1.807) is 0 Å². The van der Waals surface area contributed by atoms with Crippen LogP contribution in [0.5, 0.6) is 0 Å². The molecular formula is C21H27N3O. The van der Waals surface area contributed by atoms with E-state index in [1.165, 1.54) is 46.9 Å². The molecule has 2 fully saturated rings. The first-order chi connectivity index (χ1) is 12.2. The van der Waals surface area contributed by atoms with Crippen LogP contribution in [0, 0.1) is 6.92 Å². The third-order valence-corrected chi connectivity index (χ3v) is 6.30. The first-order valence-electron chi connectivity index (χ1n) is 9.70. The molecule has 2 aliphatic heterocycles. The molecule has 5 rings (SSSR count). The molecule has 0 amide bonds. The summed E-state index contributed by atoms with van der Waals surface area (Å²) in [5.41, 5.74) is 5.57. The molecule has 0 N–H and O–H groups in total. The molecule has 4 heteroatoms. The number of ether oxygens (including phenoxy) is 1. The maximum absolute atomic E-state index is 5.79. The molecule has 0 saturated carbocycles. The Morgan fingerprint density at radius 3 is 2.80 bits per heavy atom. The number of benzene rings is 1. The molecule has 1 aromatic carbocycles. The Kier molecular flexibility index (Phi) is 3.72. The molecule has 0 radical (unpaired) electrons. The minimum absolute atomic E-state index is 0.496. The quantitative estimate of drug-likeness (QED) is 0.800. The number of aromatic nitrogens is 1. The van der Waals surface area contributed by atoms with Crippen LogP contribution in [0.1, 0.15) is 30.0 Å². The van der Waals surface area contributed by atoms with E-state index in [-0.39, 0.29) is 0 Å². The monoisotopic (exact) mass is 337 g/mol. The number of morpholine rings is 1. The van der Waals surface area contributed by atoms with Crippen molar-refractivity contribution in [1.29, 1.82) is 0 Å². The lowest BCUT2D eigenvalue weighted by Gasteiger charge is -2.47. The van der Waals surface area contributed by atoms with E-state index in [4.69, 9.17) is 9.72 Å². The van der Waals surface area contributed by atoms with Crippen molar-refractivity contribution in [2.24, 2.45) is 0 Å². The zero-order valence-corrected chi connectivity index (χ0v) is 15.3. The highest BCUT2D eigenvalue weighted by atomic mass is 16.5. The zero-order valence-electron chi connectivity index (χ0n) is 15.3. The smallest absolute Gasteiger partial charge is 0.129 e. The summed E-state index contributed by atoms with van der Waals surface area (Å²) in [6.45, 7) is 9.42. The predicted molar refractivity (Wildman–Crippen MR) is 101 cm³/mol. The Morgan fingerprint density at radius 1 is 1.08 bits per heavy atom. The Hall–Kier alpha value is -1.65. The number of rotatable bonds is 1. The van der Waals surface area contributed by atoms with E-state index >= 15 is 0 Å².